The Balaban J connectivity index is 2.27. The van der Waals surface area contributed by atoms with Crippen molar-refractivity contribution in [1.82, 2.24) is 10.7 Å². The highest BCUT2D eigenvalue weighted by Crippen LogP contribution is 2.17. The lowest BCUT2D eigenvalue weighted by Crippen LogP contribution is -2.40. The van der Waals surface area contributed by atoms with Crippen LogP contribution in [0.4, 0.5) is 0 Å². The van der Waals surface area contributed by atoms with Gasteiger partial charge in [0.15, 0.2) is 0 Å². The van der Waals surface area contributed by atoms with E-state index in [1.54, 1.807) is 0 Å². The molecule has 4 N–H and O–H groups in total. The topological polar surface area (TPSA) is 50.1 Å². The highest BCUT2D eigenvalue weighted by Gasteiger charge is 2.23. The van der Waals surface area contributed by atoms with E-state index < -0.39 is 0 Å². The molecule has 3 heteroatoms. The summed E-state index contributed by atoms with van der Waals surface area (Å²) >= 11 is 0. The molecule has 3 nitrogen and oxygen atoms in total. The van der Waals surface area contributed by atoms with Crippen molar-refractivity contribution in [2.24, 2.45) is 11.8 Å². The van der Waals surface area contributed by atoms with Crippen molar-refractivity contribution >= 4 is 0 Å². The SMILES string of the molecule is CCC1CCNC1CNN. The molecule has 0 saturated carbocycles. The summed E-state index contributed by atoms with van der Waals surface area (Å²) in [6.07, 6.45) is 2.57. The second-order valence-corrected chi connectivity index (χ2v) is 2.93. The van der Waals surface area contributed by atoms with Crippen LogP contribution >= 0.6 is 0 Å². The molecule has 1 aliphatic rings. The molecule has 1 fully saturated rings. The lowest BCUT2D eigenvalue weighted by atomic mass is 9.98. The molecule has 0 radical (unpaired) electrons. The molecular formula is C7H17N3. The third-order valence-electron chi connectivity index (χ3n) is 2.35. The second kappa shape index (κ2) is 3.91. The number of hydrogen-bond acceptors (Lipinski definition) is 3. The number of nitrogens with two attached hydrogens (primary N) is 1. The van der Waals surface area contributed by atoms with Gasteiger partial charge in [-0.05, 0) is 18.9 Å². The molecule has 1 saturated heterocycles. The Morgan fingerprint density at radius 3 is 3.10 bits per heavy atom. The first kappa shape index (κ1) is 7.98. The molecule has 1 heterocycles. The first-order chi connectivity index (χ1) is 4.88. The van der Waals surface area contributed by atoms with E-state index in [1.807, 2.05) is 0 Å². The van der Waals surface area contributed by atoms with Crippen molar-refractivity contribution in [3.63, 3.8) is 0 Å². The summed E-state index contributed by atoms with van der Waals surface area (Å²) in [5, 5.41) is 3.42. The molecule has 0 aromatic carbocycles. The molecule has 2 atom stereocenters. The fraction of sp³-hybridized carbons (Fsp3) is 1.00. The van der Waals surface area contributed by atoms with Crippen LogP contribution in [-0.4, -0.2) is 19.1 Å². The average molecular weight is 143 g/mol. The zero-order valence-corrected chi connectivity index (χ0v) is 6.56. The van der Waals surface area contributed by atoms with Gasteiger partial charge in [0, 0.05) is 12.6 Å². The predicted molar refractivity (Wildman–Crippen MR) is 42.4 cm³/mol. The van der Waals surface area contributed by atoms with Crippen LogP contribution < -0.4 is 16.6 Å². The first-order valence-corrected chi connectivity index (χ1v) is 4.05. The standard InChI is InChI=1S/C7H17N3/c1-2-6-3-4-9-7(6)5-10-8/h6-7,9-10H,2-5,8H2,1H3. The van der Waals surface area contributed by atoms with Crippen LogP contribution in [0.5, 0.6) is 0 Å². The van der Waals surface area contributed by atoms with E-state index in [2.05, 4.69) is 17.7 Å². The first-order valence-electron chi connectivity index (χ1n) is 4.05. The molecule has 1 rings (SSSR count). The molecule has 0 bridgehead atoms. The fourth-order valence-corrected chi connectivity index (χ4v) is 1.68. The van der Waals surface area contributed by atoms with Gasteiger partial charge in [-0.15, -0.1) is 0 Å². The maximum absolute atomic E-state index is 5.24. The summed E-state index contributed by atoms with van der Waals surface area (Å²) in [5.41, 5.74) is 2.71. The van der Waals surface area contributed by atoms with Gasteiger partial charge >= 0.3 is 0 Å². The van der Waals surface area contributed by atoms with E-state index >= 15 is 0 Å². The van der Waals surface area contributed by atoms with Gasteiger partial charge in [0.25, 0.3) is 0 Å². The fourth-order valence-electron chi connectivity index (χ4n) is 1.68. The van der Waals surface area contributed by atoms with Crippen LogP contribution in [0.15, 0.2) is 0 Å². The van der Waals surface area contributed by atoms with Crippen LogP contribution in [0.2, 0.25) is 0 Å². The number of hydrogen-bond donors (Lipinski definition) is 3. The zero-order valence-electron chi connectivity index (χ0n) is 6.56. The summed E-state index contributed by atoms with van der Waals surface area (Å²) < 4.78 is 0. The van der Waals surface area contributed by atoms with E-state index in [0.717, 1.165) is 19.0 Å². The van der Waals surface area contributed by atoms with Gasteiger partial charge in [-0.25, -0.2) is 0 Å². The minimum absolute atomic E-state index is 0.606. The summed E-state index contributed by atoms with van der Waals surface area (Å²) in [5.74, 6) is 6.06. The van der Waals surface area contributed by atoms with Crippen molar-refractivity contribution in [3.8, 4) is 0 Å². The third kappa shape index (κ3) is 1.68. The Labute approximate surface area is 62.3 Å². The molecular weight excluding hydrogens is 126 g/mol. The largest absolute Gasteiger partial charge is 0.312 e. The van der Waals surface area contributed by atoms with Crippen molar-refractivity contribution < 1.29 is 0 Å². The van der Waals surface area contributed by atoms with Gasteiger partial charge in [-0.3, -0.25) is 11.3 Å². The Morgan fingerprint density at radius 1 is 1.70 bits per heavy atom. The normalized spacial score (nSPS) is 33.0. The average Bonchev–Trinajstić information content (AvgIpc) is 2.36. The lowest BCUT2D eigenvalue weighted by molar-refractivity contribution is 0.415. The van der Waals surface area contributed by atoms with Crippen molar-refractivity contribution in [1.29, 1.82) is 0 Å². The van der Waals surface area contributed by atoms with Crippen LogP contribution in [-0.2, 0) is 0 Å². The monoisotopic (exact) mass is 143 g/mol. The Bertz CT molecular complexity index is 94.9. The third-order valence-corrected chi connectivity index (χ3v) is 2.35. The maximum atomic E-state index is 5.24. The molecule has 0 aromatic heterocycles. The predicted octanol–water partition coefficient (Wildman–Crippen LogP) is -0.162. The maximum Gasteiger partial charge on any atom is 0.0254 e. The van der Waals surface area contributed by atoms with Crippen molar-refractivity contribution in [2.75, 3.05) is 13.1 Å². The number of hydrazine groups is 1. The minimum atomic E-state index is 0.606. The zero-order chi connectivity index (χ0) is 7.40. The van der Waals surface area contributed by atoms with Crippen molar-refractivity contribution in [2.45, 2.75) is 25.8 Å². The highest BCUT2D eigenvalue weighted by atomic mass is 15.2. The minimum Gasteiger partial charge on any atom is -0.312 e. The molecule has 0 amide bonds. The van der Waals surface area contributed by atoms with Gasteiger partial charge in [0.2, 0.25) is 0 Å². The molecule has 0 aromatic rings. The number of nitrogens with one attached hydrogen (secondary N) is 2. The van der Waals surface area contributed by atoms with E-state index in [4.69, 9.17) is 5.84 Å². The van der Waals surface area contributed by atoms with E-state index in [9.17, 15) is 0 Å². The number of rotatable bonds is 3. The summed E-state index contributed by atoms with van der Waals surface area (Å²) in [6, 6.07) is 0.606. The lowest BCUT2D eigenvalue weighted by Gasteiger charge is -2.16. The van der Waals surface area contributed by atoms with Gasteiger partial charge in [-0.1, -0.05) is 13.3 Å². The second-order valence-electron chi connectivity index (χ2n) is 2.93. The molecule has 0 aliphatic carbocycles. The Kier molecular flexibility index (Phi) is 3.12. The molecule has 0 spiro atoms. The molecule has 60 valence electrons. The van der Waals surface area contributed by atoms with Crippen LogP contribution in [0.1, 0.15) is 19.8 Å². The van der Waals surface area contributed by atoms with Crippen LogP contribution in [0.3, 0.4) is 0 Å². The van der Waals surface area contributed by atoms with Crippen LogP contribution in [0, 0.1) is 5.92 Å². The molecule has 1 aliphatic heterocycles. The van der Waals surface area contributed by atoms with E-state index in [-0.39, 0.29) is 0 Å². The van der Waals surface area contributed by atoms with Crippen molar-refractivity contribution in [3.05, 3.63) is 0 Å². The quantitative estimate of drug-likeness (QED) is 0.380. The summed E-state index contributed by atoms with van der Waals surface area (Å²) in [4.78, 5) is 0. The van der Waals surface area contributed by atoms with Crippen LogP contribution in [0.25, 0.3) is 0 Å². The Hall–Kier alpha value is -0.120. The van der Waals surface area contributed by atoms with E-state index in [0.29, 0.717) is 6.04 Å². The molecule has 2 unspecified atom stereocenters. The molecule has 10 heavy (non-hydrogen) atoms. The Morgan fingerprint density at radius 2 is 2.50 bits per heavy atom. The summed E-state index contributed by atoms with van der Waals surface area (Å²) in [7, 11) is 0. The highest BCUT2D eigenvalue weighted by molar-refractivity contribution is 4.83. The van der Waals surface area contributed by atoms with Gasteiger partial charge in [0.05, 0.1) is 0 Å². The van der Waals surface area contributed by atoms with Gasteiger partial charge < -0.3 is 5.32 Å². The van der Waals surface area contributed by atoms with Gasteiger partial charge in [-0.2, -0.15) is 0 Å². The summed E-state index contributed by atoms with van der Waals surface area (Å²) in [6.45, 7) is 4.30. The smallest absolute Gasteiger partial charge is 0.0254 e. The van der Waals surface area contributed by atoms with Gasteiger partial charge in [0.1, 0.15) is 0 Å². The van der Waals surface area contributed by atoms with E-state index in [1.165, 1.54) is 12.8 Å².